The lowest BCUT2D eigenvalue weighted by atomic mass is 10.2. The molecule has 0 spiro atoms. The zero-order valence-electron chi connectivity index (χ0n) is 17.3. The topological polar surface area (TPSA) is 86.8 Å². The van der Waals surface area contributed by atoms with Gasteiger partial charge in [0.25, 0.3) is 0 Å². The fraction of sp³-hybridized carbons (Fsp3) is 0.409. The van der Waals surface area contributed by atoms with Crippen molar-refractivity contribution in [1.82, 2.24) is 0 Å². The standard InChI is InChI=1S/C22H30N2O4.ClH/c1-16(2)28-19-11-12-20(21(15-19)25-3)27-14-6-4-5-13-26-18-9-7-17(8-10-18)22(23)24;/h7-12,15-16H,4-6,13-14H2,1-3H3,(H3,23,24);1H. The second kappa shape index (κ2) is 12.8. The largest absolute Gasteiger partial charge is 0.494 e. The van der Waals surface area contributed by atoms with Crippen molar-refractivity contribution in [2.45, 2.75) is 39.2 Å². The van der Waals surface area contributed by atoms with Gasteiger partial charge in [0.05, 0.1) is 26.4 Å². The Morgan fingerprint density at radius 1 is 0.897 bits per heavy atom. The zero-order chi connectivity index (χ0) is 20.4. The second-order valence-electron chi connectivity index (χ2n) is 6.67. The van der Waals surface area contributed by atoms with Crippen molar-refractivity contribution < 1.29 is 18.9 Å². The van der Waals surface area contributed by atoms with Gasteiger partial charge in [-0.15, -0.1) is 12.4 Å². The van der Waals surface area contributed by atoms with E-state index in [9.17, 15) is 0 Å². The lowest BCUT2D eigenvalue weighted by molar-refractivity contribution is 0.238. The Morgan fingerprint density at radius 3 is 2.10 bits per heavy atom. The van der Waals surface area contributed by atoms with E-state index >= 15 is 0 Å². The Morgan fingerprint density at radius 2 is 1.52 bits per heavy atom. The van der Waals surface area contributed by atoms with Crippen LogP contribution in [0.5, 0.6) is 23.0 Å². The molecule has 6 nitrogen and oxygen atoms in total. The number of nitrogen functional groups attached to an aromatic ring is 1. The maximum Gasteiger partial charge on any atom is 0.164 e. The molecular formula is C22H31ClN2O4. The van der Waals surface area contributed by atoms with Crippen LogP contribution in [0.25, 0.3) is 0 Å². The van der Waals surface area contributed by atoms with Crippen molar-refractivity contribution in [3.8, 4) is 23.0 Å². The first kappa shape index (κ1) is 24.4. The Hall–Kier alpha value is -2.60. The number of nitrogens with two attached hydrogens (primary N) is 1. The van der Waals surface area contributed by atoms with Gasteiger partial charge >= 0.3 is 0 Å². The summed E-state index contributed by atoms with van der Waals surface area (Å²) in [4.78, 5) is 0. The highest BCUT2D eigenvalue weighted by Gasteiger charge is 2.07. The molecule has 0 aliphatic heterocycles. The first-order chi connectivity index (χ1) is 13.5. The molecule has 2 rings (SSSR count). The number of hydrogen-bond acceptors (Lipinski definition) is 5. The Balaban J connectivity index is 0.00000420. The molecule has 0 bridgehead atoms. The van der Waals surface area contributed by atoms with Crippen LogP contribution in [0, 0.1) is 5.41 Å². The monoisotopic (exact) mass is 422 g/mol. The third-order valence-electron chi connectivity index (χ3n) is 3.99. The van der Waals surface area contributed by atoms with Gasteiger partial charge in [0, 0.05) is 11.6 Å². The van der Waals surface area contributed by atoms with Gasteiger partial charge < -0.3 is 24.7 Å². The molecule has 0 aromatic heterocycles. The third-order valence-corrected chi connectivity index (χ3v) is 3.99. The highest BCUT2D eigenvalue weighted by atomic mass is 35.5. The maximum absolute atomic E-state index is 7.37. The minimum atomic E-state index is 0. The molecule has 0 heterocycles. The van der Waals surface area contributed by atoms with Crippen molar-refractivity contribution in [1.29, 1.82) is 5.41 Å². The number of rotatable bonds is 12. The minimum Gasteiger partial charge on any atom is -0.494 e. The molecule has 2 aromatic rings. The van der Waals surface area contributed by atoms with E-state index in [2.05, 4.69) is 0 Å². The third kappa shape index (κ3) is 8.52. The minimum absolute atomic E-state index is 0. The average molecular weight is 423 g/mol. The number of nitrogens with one attached hydrogen (secondary N) is 1. The van der Waals surface area contributed by atoms with E-state index in [4.69, 9.17) is 30.1 Å². The van der Waals surface area contributed by atoms with Crippen molar-refractivity contribution in [2.75, 3.05) is 20.3 Å². The number of hydrogen-bond donors (Lipinski definition) is 2. The summed E-state index contributed by atoms with van der Waals surface area (Å²) in [5.41, 5.74) is 6.13. The molecule has 0 fully saturated rings. The summed E-state index contributed by atoms with van der Waals surface area (Å²) in [5.74, 6) is 3.02. The molecular weight excluding hydrogens is 392 g/mol. The Bertz CT molecular complexity index is 751. The Kier molecular flexibility index (Phi) is 10.8. The van der Waals surface area contributed by atoms with Crippen molar-refractivity contribution in [3.05, 3.63) is 48.0 Å². The van der Waals surface area contributed by atoms with Crippen LogP contribution in [-0.4, -0.2) is 32.3 Å². The number of unbranched alkanes of at least 4 members (excludes halogenated alkanes) is 2. The smallest absolute Gasteiger partial charge is 0.164 e. The van der Waals surface area contributed by atoms with Crippen LogP contribution in [-0.2, 0) is 0 Å². The van der Waals surface area contributed by atoms with Crippen molar-refractivity contribution in [3.63, 3.8) is 0 Å². The molecule has 0 unspecified atom stereocenters. The lowest BCUT2D eigenvalue weighted by Crippen LogP contribution is -2.10. The molecule has 2 aromatic carbocycles. The first-order valence-corrected chi connectivity index (χ1v) is 9.54. The highest BCUT2D eigenvalue weighted by Crippen LogP contribution is 2.31. The van der Waals surface area contributed by atoms with Gasteiger partial charge in [0.2, 0.25) is 0 Å². The summed E-state index contributed by atoms with van der Waals surface area (Å²) in [7, 11) is 1.63. The number of amidine groups is 1. The fourth-order valence-corrected chi connectivity index (χ4v) is 2.60. The molecule has 3 N–H and O–H groups in total. The van der Waals surface area contributed by atoms with E-state index in [-0.39, 0.29) is 24.3 Å². The molecule has 0 amide bonds. The number of benzene rings is 2. The van der Waals surface area contributed by atoms with Gasteiger partial charge in [-0.3, -0.25) is 5.41 Å². The van der Waals surface area contributed by atoms with Gasteiger partial charge in [-0.1, -0.05) is 0 Å². The highest BCUT2D eigenvalue weighted by molar-refractivity contribution is 5.94. The molecule has 0 aliphatic rings. The zero-order valence-corrected chi connectivity index (χ0v) is 18.1. The molecule has 0 saturated carbocycles. The van der Waals surface area contributed by atoms with Crippen molar-refractivity contribution >= 4 is 18.2 Å². The van der Waals surface area contributed by atoms with Crippen LogP contribution in [0.2, 0.25) is 0 Å². The van der Waals surface area contributed by atoms with E-state index < -0.39 is 0 Å². The Labute approximate surface area is 179 Å². The molecule has 160 valence electrons. The molecule has 0 atom stereocenters. The van der Waals surface area contributed by atoms with Crippen LogP contribution in [0.3, 0.4) is 0 Å². The SMILES string of the molecule is COc1cc(OC(C)C)ccc1OCCCCCOc1ccc(C(=N)N)cc1.Cl. The van der Waals surface area contributed by atoms with E-state index in [0.717, 1.165) is 36.5 Å². The van der Waals surface area contributed by atoms with Gasteiger partial charge in [0.1, 0.15) is 17.3 Å². The van der Waals surface area contributed by atoms with Crippen LogP contribution in [0.15, 0.2) is 42.5 Å². The summed E-state index contributed by atoms with van der Waals surface area (Å²) >= 11 is 0. The number of ether oxygens (including phenoxy) is 4. The summed E-state index contributed by atoms with van der Waals surface area (Å²) in [5, 5.41) is 7.37. The van der Waals surface area contributed by atoms with E-state index in [1.165, 1.54) is 0 Å². The van der Waals surface area contributed by atoms with E-state index in [1.807, 2.05) is 44.2 Å². The number of halogens is 1. The molecule has 7 heteroatoms. The van der Waals surface area contributed by atoms with Gasteiger partial charge in [-0.2, -0.15) is 0 Å². The molecule has 0 saturated heterocycles. The second-order valence-corrected chi connectivity index (χ2v) is 6.67. The number of methoxy groups -OCH3 is 1. The summed E-state index contributed by atoms with van der Waals surface area (Å²) in [6.45, 7) is 5.24. The van der Waals surface area contributed by atoms with Gasteiger partial charge in [-0.05, 0) is 69.5 Å². The average Bonchev–Trinajstić information content (AvgIpc) is 2.67. The first-order valence-electron chi connectivity index (χ1n) is 9.54. The van der Waals surface area contributed by atoms with Crippen LogP contribution in [0.4, 0.5) is 0 Å². The predicted molar refractivity (Wildman–Crippen MR) is 118 cm³/mol. The lowest BCUT2D eigenvalue weighted by Gasteiger charge is -2.14. The molecule has 0 aliphatic carbocycles. The van der Waals surface area contributed by atoms with Crippen LogP contribution >= 0.6 is 12.4 Å². The quantitative estimate of drug-likeness (QED) is 0.291. The summed E-state index contributed by atoms with van der Waals surface area (Å²) < 4.78 is 22.6. The summed E-state index contributed by atoms with van der Waals surface area (Å²) in [6.07, 6.45) is 2.99. The van der Waals surface area contributed by atoms with Crippen LogP contribution in [0.1, 0.15) is 38.7 Å². The van der Waals surface area contributed by atoms with Gasteiger partial charge in [0.15, 0.2) is 11.5 Å². The van der Waals surface area contributed by atoms with Gasteiger partial charge in [-0.25, -0.2) is 0 Å². The van der Waals surface area contributed by atoms with E-state index in [0.29, 0.717) is 24.5 Å². The molecule has 29 heavy (non-hydrogen) atoms. The normalized spacial score (nSPS) is 10.2. The van der Waals surface area contributed by atoms with E-state index in [1.54, 1.807) is 19.2 Å². The predicted octanol–water partition coefficient (Wildman–Crippen LogP) is 4.82. The summed E-state index contributed by atoms with van der Waals surface area (Å²) in [6, 6.07) is 12.9. The maximum atomic E-state index is 7.37. The van der Waals surface area contributed by atoms with Crippen molar-refractivity contribution in [2.24, 2.45) is 5.73 Å². The van der Waals surface area contributed by atoms with Crippen LogP contribution < -0.4 is 24.7 Å². The fourth-order valence-electron chi connectivity index (χ4n) is 2.60. The molecule has 0 radical (unpaired) electrons.